The Kier molecular flexibility index (Phi) is 10.1. The number of carbonyl (C=O) groups is 2. The van der Waals surface area contributed by atoms with Crippen LogP contribution in [0.25, 0.3) is 11.3 Å². The number of nitrogen functional groups attached to an aromatic ring is 1. The molecule has 2 atom stereocenters. The number of rotatable bonds is 11. The number of nitrogens with two attached hydrogens (primary N) is 2. The second-order valence-electron chi connectivity index (χ2n) is 13.3. The van der Waals surface area contributed by atoms with Crippen LogP contribution >= 0.6 is 0 Å². The zero-order chi connectivity index (χ0) is 36.2. The van der Waals surface area contributed by atoms with Crippen LogP contribution in [0.4, 0.5) is 21.6 Å². The quantitative estimate of drug-likeness (QED) is 0.132. The Bertz CT molecular complexity index is 1950. The van der Waals surface area contributed by atoms with Crippen LogP contribution in [-0.4, -0.2) is 87.2 Å². The maximum atomic E-state index is 14.3. The van der Waals surface area contributed by atoms with Crippen molar-refractivity contribution in [3.05, 3.63) is 90.3 Å². The molecule has 52 heavy (non-hydrogen) atoms. The number of ether oxygens (including phenoxy) is 1. The second-order valence-corrected chi connectivity index (χ2v) is 13.3. The molecule has 0 radical (unpaired) electrons. The number of carbonyl (C=O) groups excluding carboxylic acids is 2. The first kappa shape index (κ1) is 34.6. The molecule has 0 aliphatic carbocycles. The Labute approximate surface area is 300 Å². The van der Waals surface area contributed by atoms with Crippen LogP contribution in [0.2, 0.25) is 0 Å². The van der Waals surface area contributed by atoms with Gasteiger partial charge < -0.3 is 26.4 Å². The molecule has 2 aromatic carbocycles. The summed E-state index contributed by atoms with van der Waals surface area (Å²) in [6.45, 7) is 5.65. The van der Waals surface area contributed by atoms with Crippen molar-refractivity contribution in [3.63, 3.8) is 0 Å². The number of allylic oxidation sites excluding steroid dienone is 1. The van der Waals surface area contributed by atoms with Gasteiger partial charge in [0, 0.05) is 85.3 Å². The summed E-state index contributed by atoms with van der Waals surface area (Å²) in [4.78, 5) is 39.0. The summed E-state index contributed by atoms with van der Waals surface area (Å²) in [5.41, 5.74) is 16.8. The third-order valence-corrected chi connectivity index (χ3v) is 9.87. The molecular formula is C37H42FN11O3. The third kappa shape index (κ3) is 7.73. The normalized spacial score (nSPS) is 19.8. The molecular weight excluding hydrogens is 665 g/mol. The topological polar surface area (TPSA) is 182 Å². The number of imide groups is 1. The molecule has 7 rings (SSSR count). The van der Waals surface area contributed by atoms with Crippen molar-refractivity contribution >= 4 is 40.8 Å². The number of pyridine rings is 1. The van der Waals surface area contributed by atoms with Crippen LogP contribution in [0.15, 0.2) is 78.3 Å². The molecule has 5 heterocycles. The summed E-state index contributed by atoms with van der Waals surface area (Å²) in [7, 11) is 0. The average Bonchev–Trinajstić information content (AvgIpc) is 3.67. The van der Waals surface area contributed by atoms with Gasteiger partial charge in [0.25, 0.3) is 0 Å². The zero-order valence-corrected chi connectivity index (χ0v) is 28.9. The highest BCUT2D eigenvalue weighted by Gasteiger charge is 2.34. The van der Waals surface area contributed by atoms with Gasteiger partial charge in [-0.2, -0.15) is 15.0 Å². The molecule has 2 amide bonds. The Morgan fingerprint density at radius 3 is 2.54 bits per heavy atom. The highest BCUT2D eigenvalue weighted by atomic mass is 19.1. The lowest BCUT2D eigenvalue weighted by Gasteiger charge is -2.48. The number of amides is 2. The van der Waals surface area contributed by atoms with E-state index in [0.717, 1.165) is 50.4 Å². The van der Waals surface area contributed by atoms with Crippen LogP contribution in [0, 0.1) is 5.82 Å². The number of anilines is 3. The number of nitrogens with one attached hydrogen (secondary N) is 2. The van der Waals surface area contributed by atoms with Gasteiger partial charge in [0.2, 0.25) is 11.8 Å². The van der Waals surface area contributed by atoms with Gasteiger partial charge in [-0.15, -0.1) is 0 Å². The number of hydrogen-bond donors (Lipinski definition) is 4. The minimum atomic E-state index is -0.599. The van der Waals surface area contributed by atoms with E-state index in [2.05, 4.69) is 47.7 Å². The minimum Gasteiger partial charge on any atom is -0.482 e. The Balaban J connectivity index is 0.899. The first-order valence-corrected chi connectivity index (χ1v) is 17.5. The maximum Gasteiger partial charge on any atom is 0.249 e. The van der Waals surface area contributed by atoms with E-state index >= 15 is 0 Å². The molecule has 0 bridgehead atoms. The lowest BCUT2D eigenvalue weighted by atomic mass is 9.99. The smallest absolute Gasteiger partial charge is 0.249 e. The molecule has 14 nitrogen and oxygen atoms in total. The van der Waals surface area contributed by atoms with Gasteiger partial charge in [0.05, 0.1) is 24.1 Å². The number of likely N-dealkylation sites (tertiary alicyclic amines) is 1. The monoisotopic (exact) mass is 707 g/mol. The third-order valence-electron chi connectivity index (χ3n) is 9.87. The van der Waals surface area contributed by atoms with E-state index in [9.17, 15) is 14.0 Å². The summed E-state index contributed by atoms with van der Waals surface area (Å²) in [5, 5.41) is 14.0. The molecule has 3 fully saturated rings. The van der Waals surface area contributed by atoms with Gasteiger partial charge in [-0.3, -0.25) is 24.8 Å². The molecule has 2 unspecified atom stereocenters. The van der Waals surface area contributed by atoms with E-state index < -0.39 is 18.0 Å². The molecule has 6 N–H and O–H groups in total. The van der Waals surface area contributed by atoms with Gasteiger partial charge >= 0.3 is 0 Å². The van der Waals surface area contributed by atoms with Crippen molar-refractivity contribution < 1.29 is 18.7 Å². The summed E-state index contributed by atoms with van der Waals surface area (Å²) in [5.74, 6) is -0.366. The first-order valence-electron chi connectivity index (χ1n) is 17.5. The van der Waals surface area contributed by atoms with Crippen molar-refractivity contribution in [2.45, 2.75) is 56.8 Å². The molecule has 0 spiro atoms. The van der Waals surface area contributed by atoms with E-state index in [-0.39, 0.29) is 23.7 Å². The summed E-state index contributed by atoms with van der Waals surface area (Å²) < 4.78 is 20.5. The Morgan fingerprint density at radius 2 is 1.83 bits per heavy atom. The SMILES string of the molecule is CC(Oc1cc(/C(C=NC2CCN(C3CN(c4ccc(NC5CCC(=O)NC5=O)cc4)C3)CC2)=C/N)cnc1N)c1cc(F)ccc1-n1nccn1. The predicted octanol–water partition coefficient (Wildman–Crippen LogP) is 3.46. The highest BCUT2D eigenvalue weighted by molar-refractivity contribution is 6.09. The number of piperidine rings is 2. The van der Waals surface area contributed by atoms with Crippen molar-refractivity contribution in [1.82, 2.24) is 30.2 Å². The average molecular weight is 708 g/mol. The summed E-state index contributed by atoms with van der Waals surface area (Å²) >= 11 is 0. The number of aliphatic imine (C=N–C) groups is 1. The van der Waals surface area contributed by atoms with Crippen molar-refractivity contribution in [1.29, 1.82) is 0 Å². The molecule has 2 aromatic heterocycles. The molecule has 270 valence electrons. The fraction of sp³-hybridized carbons (Fsp3) is 0.351. The van der Waals surface area contributed by atoms with Crippen molar-refractivity contribution in [3.8, 4) is 11.4 Å². The number of nitrogens with zero attached hydrogens (tertiary/aromatic N) is 7. The van der Waals surface area contributed by atoms with E-state index in [1.54, 1.807) is 43.9 Å². The first-order chi connectivity index (χ1) is 25.2. The number of benzene rings is 2. The van der Waals surface area contributed by atoms with Gasteiger partial charge in [-0.1, -0.05) is 0 Å². The van der Waals surface area contributed by atoms with Crippen LogP contribution in [0.3, 0.4) is 0 Å². The van der Waals surface area contributed by atoms with Crippen LogP contribution in [0.1, 0.15) is 49.8 Å². The van der Waals surface area contributed by atoms with E-state index in [1.165, 1.54) is 23.1 Å². The number of hydrogen-bond acceptors (Lipinski definition) is 12. The molecule has 0 saturated carbocycles. The summed E-state index contributed by atoms with van der Waals surface area (Å²) in [6.07, 6.45) is 10.1. The highest BCUT2D eigenvalue weighted by Crippen LogP contribution is 2.32. The minimum absolute atomic E-state index is 0.173. The molecule has 15 heteroatoms. The lowest BCUT2D eigenvalue weighted by Crippen LogP contribution is -2.61. The van der Waals surface area contributed by atoms with Crippen LogP contribution in [0.5, 0.6) is 5.75 Å². The fourth-order valence-electron chi connectivity index (χ4n) is 6.83. The van der Waals surface area contributed by atoms with Gasteiger partial charge in [-0.05, 0) is 74.7 Å². The van der Waals surface area contributed by atoms with Gasteiger partial charge in [0.1, 0.15) is 18.0 Å². The van der Waals surface area contributed by atoms with Gasteiger partial charge in [-0.25, -0.2) is 9.37 Å². The second kappa shape index (κ2) is 15.2. The molecule has 3 saturated heterocycles. The number of halogens is 1. The van der Waals surface area contributed by atoms with E-state index in [1.807, 2.05) is 12.1 Å². The molecule has 3 aliphatic heterocycles. The van der Waals surface area contributed by atoms with Crippen molar-refractivity contribution in [2.24, 2.45) is 10.7 Å². The van der Waals surface area contributed by atoms with Crippen LogP contribution in [-0.2, 0) is 9.59 Å². The molecule has 4 aromatic rings. The lowest BCUT2D eigenvalue weighted by molar-refractivity contribution is -0.133. The largest absolute Gasteiger partial charge is 0.482 e. The summed E-state index contributed by atoms with van der Waals surface area (Å²) in [6, 6.07) is 14.5. The van der Waals surface area contributed by atoms with E-state index in [0.29, 0.717) is 47.0 Å². The van der Waals surface area contributed by atoms with E-state index in [4.69, 9.17) is 21.2 Å². The van der Waals surface area contributed by atoms with Gasteiger partial charge in [0.15, 0.2) is 11.6 Å². The Morgan fingerprint density at radius 1 is 1.08 bits per heavy atom. The predicted molar refractivity (Wildman–Crippen MR) is 196 cm³/mol. The maximum absolute atomic E-state index is 14.3. The fourth-order valence-corrected chi connectivity index (χ4v) is 6.83. The Hall–Kier alpha value is -5.83. The molecule has 3 aliphatic rings. The van der Waals surface area contributed by atoms with Crippen LogP contribution < -0.4 is 31.7 Å². The van der Waals surface area contributed by atoms with Crippen molar-refractivity contribution in [2.75, 3.05) is 42.1 Å². The standard InChI is InChI=1S/C37H42FN11O3/c1-23(31-17-26(38)2-8-33(31)49-43-12-13-44-49)52-34-16-24(19-42-36(34)40)25(18-39)20-41-27-10-14-47(15-11-27)30-21-48(22-30)29-5-3-28(4-6-29)45-32-7-9-35(50)46-37(32)51/h2-6,8,12-13,16-20,23,27,30,32,45H,7,9-11,14-15,21-22,39H2,1H3,(H2,40,42)(H,46,50,51)/b25-18+,41-20?. The number of aromatic nitrogens is 4. The zero-order valence-electron chi connectivity index (χ0n) is 28.9.